The number of fused-ring (bicyclic) bond motifs is 2. The van der Waals surface area contributed by atoms with Crippen LogP contribution in [0.2, 0.25) is 10.0 Å². The van der Waals surface area contributed by atoms with Crippen molar-refractivity contribution in [2.75, 3.05) is 5.32 Å². The molecule has 2 heterocycles. The van der Waals surface area contributed by atoms with Crippen LogP contribution in [0.25, 0.3) is 0 Å². The van der Waals surface area contributed by atoms with Gasteiger partial charge in [-0.05, 0) is 60.1 Å². The summed E-state index contributed by atoms with van der Waals surface area (Å²) in [6, 6.07) is 5.09. The molecule has 5 rings (SSSR count). The van der Waals surface area contributed by atoms with Crippen LogP contribution in [0.5, 0.6) is 0 Å². The molecule has 2 aromatic carbocycles. The minimum atomic E-state index is -1.41. The first-order valence-electron chi connectivity index (χ1n) is 12.3. The van der Waals surface area contributed by atoms with Gasteiger partial charge in [0, 0.05) is 23.7 Å². The average molecular weight is 552 g/mol. The number of hydrogen-bond donors (Lipinski definition) is 4. The number of nitrogens with one attached hydrogen (secondary N) is 3. The Morgan fingerprint density at radius 1 is 1.14 bits per heavy atom. The summed E-state index contributed by atoms with van der Waals surface area (Å²) in [6.07, 6.45) is 0.889. The first-order chi connectivity index (χ1) is 17.3. The number of benzene rings is 2. The van der Waals surface area contributed by atoms with Gasteiger partial charge in [-0.2, -0.15) is 0 Å². The third-order valence-electron chi connectivity index (χ3n) is 7.75. The molecular formula is C27H29Cl2F2N3O3. The molecule has 0 bridgehead atoms. The van der Waals surface area contributed by atoms with Gasteiger partial charge < -0.3 is 21.1 Å². The van der Waals surface area contributed by atoms with Crippen LogP contribution in [-0.2, 0) is 15.0 Å². The number of rotatable bonds is 4. The summed E-state index contributed by atoms with van der Waals surface area (Å²) in [6.45, 7) is 6.06. The molecule has 10 heteroatoms. The SMILES string of the molecule is CC(C)(C)C[C@H]1N[C@@H](C(=O)N[C@H]2C[C@@H](O)C2)[C@H](c2ccc(F)c(Cl)c2)[C@@]12C(=O)Nc1cc(Cl)c(F)cc12. The van der Waals surface area contributed by atoms with E-state index < -0.39 is 47.1 Å². The lowest BCUT2D eigenvalue weighted by atomic mass is 9.62. The minimum absolute atomic E-state index is 0.131. The molecule has 198 valence electrons. The van der Waals surface area contributed by atoms with Gasteiger partial charge in [0.05, 0.1) is 22.2 Å². The zero-order valence-corrected chi connectivity index (χ0v) is 22.2. The van der Waals surface area contributed by atoms with Crippen LogP contribution in [0, 0.1) is 17.0 Å². The second-order valence-corrected chi connectivity index (χ2v) is 12.4. The molecule has 0 aromatic heterocycles. The van der Waals surface area contributed by atoms with Crippen LogP contribution in [0.15, 0.2) is 30.3 Å². The van der Waals surface area contributed by atoms with Crippen molar-refractivity contribution in [3.05, 3.63) is 63.1 Å². The number of anilines is 1. The Morgan fingerprint density at radius 3 is 2.43 bits per heavy atom. The molecule has 1 aliphatic carbocycles. The Bertz CT molecular complexity index is 1280. The fraction of sp³-hybridized carbons (Fsp3) is 0.481. The molecule has 4 atom stereocenters. The summed E-state index contributed by atoms with van der Waals surface area (Å²) < 4.78 is 29.1. The van der Waals surface area contributed by atoms with Crippen molar-refractivity contribution in [3.63, 3.8) is 0 Å². The average Bonchev–Trinajstić information content (AvgIpc) is 3.24. The largest absolute Gasteiger partial charge is 0.393 e. The fourth-order valence-corrected chi connectivity index (χ4v) is 6.49. The van der Waals surface area contributed by atoms with E-state index in [2.05, 4.69) is 16.0 Å². The van der Waals surface area contributed by atoms with E-state index >= 15 is 0 Å². The Morgan fingerprint density at radius 2 is 1.81 bits per heavy atom. The molecule has 3 aliphatic rings. The first-order valence-corrected chi connectivity index (χ1v) is 13.1. The van der Waals surface area contributed by atoms with E-state index in [9.17, 15) is 23.5 Å². The van der Waals surface area contributed by atoms with Crippen LogP contribution in [0.1, 0.15) is 57.1 Å². The molecule has 1 saturated carbocycles. The Labute approximate surface area is 224 Å². The third-order valence-corrected chi connectivity index (χ3v) is 8.32. The summed E-state index contributed by atoms with van der Waals surface area (Å²) >= 11 is 12.2. The van der Waals surface area contributed by atoms with Crippen molar-refractivity contribution in [3.8, 4) is 0 Å². The van der Waals surface area contributed by atoms with Crippen LogP contribution in [0.3, 0.4) is 0 Å². The van der Waals surface area contributed by atoms with Crippen molar-refractivity contribution >= 4 is 40.7 Å². The number of aliphatic hydroxyl groups is 1. The van der Waals surface area contributed by atoms with Gasteiger partial charge in [-0.25, -0.2) is 8.78 Å². The van der Waals surface area contributed by atoms with Crippen LogP contribution in [0.4, 0.5) is 14.5 Å². The molecule has 37 heavy (non-hydrogen) atoms. The normalized spacial score (nSPS) is 30.7. The Hall–Kier alpha value is -2.26. The Balaban J connectivity index is 1.71. The van der Waals surface area contributed by atoms with Crippen molar-refractivity contribution in [1.82, 2.24) is 10.6 Å². The number of carbonyl (C=O) groups is 2. The maximum Gasteiger partial charge on any atom is 0.238 e. The molecule has 2 amide bonds. The van der Waals surface area contributed by atoms with Gasteiger partial charge in [-0.1, -0.05) is 50.0 Å². The quantitative estimate of drug-likeness (QED) is 0.444. The molecule has 2 fully saturated rings. The van der Waals surface area contributed by atoms with Gasteiger partial charge in [0.15, 0.2) is 0 Å². The molecular weight excluding hydrogens is 523 g/mol. The molecule has 1 saturated heterocycles. The summed E-state index contributed by atoms with van der Waals surface area (Å²) in [5.74, 6) is -2.91. The highest BCUT2D eigenvalue weighted by Crippen LogP contribution is 2.57. The van der Waals surface area contributed by atoms with Gasteiger partial charge in [0.1, 0.15) is 17.0 Å². The highest BCUT2D eigenvalue weighted by molar-refractivity contribution is 6.31. The smallest absolute Gasteiger partial charge is 0.238 e. The van der Waals surface area contributed by atoms with Crippen molar-refractivity contribution in [2.24, 2.45) is 5.41 Å². The number of aliphatic hydroxyl groups excluding tert-OH is 1. The van der Waals surface area contributed by atoms with Crippen molar-refractivity contribution in [1.29, 1.82) is 0 Å². The van der Waals surface area contributed by atoms with E-state index in [0.717, 1.165) is 0 Å². The standard InChI is InChI=1S/C27H29Cl2F2N3O3/c1-26(2,3)11-21-27(15-9-19(31)17(29)10-20(15)33-25(27)37)22(12-4-5-18(30)16(28)6-12)23(34-21)24(36)32-13-7-14(35)8-13/h4-6,9-10,13-14,21-23,34-35H,7-8,11H2,1-3H3,(H,32,36)(H,33,37)/t13-,14+,21-,22+,23-,27+/m1/s1. The summed E-state index contributed by atoms with van der Waals surface area (Å²) in [5, 5.41) is 18.7. The third kappa shape index (κ3) is 4.42. The molecule has 1 spiro atoms. The van der Waals surface area contributed by atoms with E-state index in [1.807, 2.05) is 20.8 Å². The van der Waals surface area contributed by atoms with E-state index in [0.29, 0.717) is 36.1 Å². The number of amides is 2. The lowest BCUT2D eigenvalue weighted by Gasteiger charge is -2.38. The highest BCUT2D eigenvalue weighted by Gasteiger charge is 2.66. The summed E-state index contributed by atoms with van der Waals surface area (Å²) in [4.78, 5) is 27.7. The maximum absolute atomic E-state index is 14.9. The second-order valence-electron chi connectivity index (χ2n) is 11.6. The van der Waals surface area contributed by atoms with Crippen LogP contribution < -0.4 is 16.0 Å². The van der Waals surface area contributed by atoms with Gasteiger partial charge in [0.2, 0.25) is 11.8 Å². The fourth-order valence-electron chi connectivity index (χ4n) is 6.14. The van der Waals surface area contributed by atoms with Gasteiger partial charge in [-0.3, -0.25) is 9.59 Å². The molecule has 2 aliphatic heterocycles. The molecule has 0 unspecified atom stereocenters. The van der Waals surface area contributed by atoms with E-state index in [1.165, 1.54) is 30.3 Å². The molecule has 0 radical (unpaired) electrons. The zero-order valence-electron chi connectivity index (χ0n) is 20.7. The molecule has 6 nitrogen and oxygen atoms in total. The summed E-state index contributed by atoms with van der Waals surface area (Å²) in [5.41, 5.74) is -0.439. The monoisotopic (exact) mass is 551 g/mol. The van der Waals surface area contributed by atoms with Gasteiger partial charge in [-0.15, -0.1) is 0 Å². The van der Waals surface area contributed by atoms with E-state index in [-0.39, 0.29) is 27.4 Å². The molecule has 2 aromatic rings. The van der Waals surface area contributed by atoms with Gasteiger partial charge >= 0.3 is 0 Å². The van der Waals surface area contributed by atoms with Crippen molar-refractivity contribution < 1.29 is 23.5 Å². The van der Waals surface area contributed by atoms with Crippen LogP contribution in [-0.4, -0.2) is 41.2 Å². The van der Waals surface area contributed by atoms with Gasteiger partial charge in [0.25, 0.3) is 0 Å². The maximum atomic E-state index is 14.9. The number of hydrogen-bond acceptors (Lipinski definition) is 4. The summed E-state index contributed by atoms with van der Waals surface area (Å²) in [7, 11) is 0. The number of carbonyl (C=O) groups excluding carboxylic acids is 2. The predicted molar refractivity (Wildman–Crippen MR) is 138 cm³/mol. The lowest BCUT2D eigenvalue weighted by molar-refractivity contribution is -0.125. The van der Waals surface area contributed by atoms with Crippen LogP contribution >= 0.6 is 23.2 Å². The Kier molecular flexibility index (Phi) is 6.54. The van der Waals surface area contributed by atoms with E-state index in [4.69, 9.17) is 23.2 Å². The second kappa shape index (κ2) is 9.19. The lowest BCUT2D eigenvalue weighted by Crippen LogP contribution is -2.53. The topological polar surface area (TPSA) is 90.5 Å². The molecule has 4 N–H and O–H groups in total. The highest BCUT2D eigenvalue weighted by atomic mass is 35.5. The first kappa shape index (κ1) is 26.4. The van der Waals surface area contributed by atoms with E-state index in [1.54, 1.807) is 0 Å². The minimum Gasteiger partial charge on any atom is -0.393 e. The predicted octanol–water partition coefficient (Wildman–Crippen LogP) is 4.66. The number of halogens is 4. The van der Waals surface area contributed by atoms with Crippen molar-refractivity contribution in [2.45, 2.75) is 75.6 Å². The zero-order chi connectivity index (χ0) is 26.9.